The second kappa shape index (κ2) is 6.70. The summed E-state index contributed by atoms with van der Waals surface area (Å²) >= 11 is 0. The number of aromatic nitrogens is 4. The van der Waals surface area contributed by atoms with Gasteiger partial charge in [0.15, 0.2) is 0 Å². The first-order valence-electron chi connectivity index (χ1n) is 8.92. The maximum absolute atomic E-state index is 14.9. The van der Waals surface area contributed by atoms with E-state index < -0.39 is 23.2 Å². The third-order valence-corrected chi connectivity index (χ3v) is 4.90. The molecule has 30 heavy (non-hydrogen) atoms. The lowest BCUT2D eigenvalue weighted by molar-refractivity contribution is 0.0692. The first-order chi connectivity index (χ1) is 14.5. The van der Waals surface area contributed by atoms with Gasteiger partial charge in [0.05, 0.1) is 29.2 Å². The Balaban J connectivity index is 1.80. The molecule has 146 valence electrons. The zero-order chi connectivity index (χ0) is 20.8. The van der Waals surface area contributed by atoms with Crippen LogP contribution in [-0.2, 0) is 0 Å². The van der Waals surface area contributed by atoms with Gasteiger partial charge in [0.25, 0.3) is 0 Å². The van der Waals surface area contributed by atoms with Crippen LogP contribution in [0.3, 0.4) is 0 Å². The normalized spacial score (nSPS) is 11.3. The molecule has 0 aliphatic rings. The first kappa shape index (κ1) is 17.9. The zero-order valence-corrected chi connectivity index (χ0v) is 15.2. The van der Waals surface area contributed by atoms with Crippen LogP contribution < -0.4 is 0 Å². The molecule has 0 fully saturated rings. The fraction of sp³-hybridized carbons (Fsp3) is 0. The third kappa shape index (κ3) is 2.77. The molecule has 0 radical (unpaired) electrons. The standard InChI is InChI=1S/C22H12F2N4O2/c23-15-6-11(3-4-13(15)22(29)30)19-16(24)9-27-21-20(19)14-7-17(26-10-18(14)28-21)12-2-1-5-25-8-12/h1-10H,(H,27,28)(H,29,30). The van der Waals surface area contributed by atoms with Gasteiger partial charge in [-0.1, -0.05) is 6.07 Å². The maximum atomic E-state index is 14.9. The monoisotopic (exact) mass is 402 g/mol. The van der Waals surface area contributed by atoms with Crippen molar-refractivity contribution < 1.29 is 18.7 Å². The minimum absolute atomic E-state index is 0.130. The number of carboxylic acid groups (broad SMARTS) is 1. The van der Waals surface area contributed by atoms with E-state index in [0.717, 1.165) is 23.9 Å². The number of nitrogens with one attached hydrogen (secondary N) is 1. The van der Waals surface area contributed by atoms with Gasteiger partial charge in [0, 0.05) is 34.3 Å². The molecule has 5 rings (SSSR count). The quantitative estimate of drug-likeness (QED) is 0.452. The molecule has 4 aromatic heterocycles. The number of carboxylic acids is 1. The number of rotatable bonds is 3. The Morgan fingerprint density at radius 2 is 1.83 bits per heavy atom. The molecule has 0 aliphatic carbocycles. The smallest absolute Gasteiger partial charge is 0.338 e. The van der Waals surface area contributed by atoms with Crippen LogP contribution in [0.5, 0.6) is 0 Å². The summed E-state index contributed by atoms with van der Waals surface area (Å²) in [4.78, 5) is 26.8. The molecule has 6 nitrogen and oxygen atoms in total. The van der Waals surface area contributed by atoms with Gasteiger partial charge < -0.3 is 10.1 Å². The average Bonchev–Trinajstić information content (AvgIpc) is 3.12. The van der Waals surface area contributed by atoms with Crippen molar-refractivity contribution in [2.75, 3.05) is 0 Å². The molecule has 4 heterocycles. The van der Waals surface area contributed by atoms with Crippen molar-refractivity contribution in [2.45, 2.75) is 0 Å². The molecule has 0 saturated heterocycles. The SMILES string of the molecule is O=C(O)c1ccc(-c2c(F)cnc3[nH]c4cnc(-c5cccnc5)cc4c23)cc1F. The van der Waals surface area contributed by atoms with Crippen LogP contribution in [-0.4, -0.2) is 31.0 Å². The summed E-state index contributed by atoms with van der Waals surface area (Å²) in [7, 11) is 0. The van der Waals surface area contributed by atoms with Gasteiger partial charge in [0.1, 0.15) is 17.3 Å². The Kier molecular flexibility index (Phi) is 3.99. The predicted octanol–water partition coefficient (Wildman–Crippen LogP) is 4.82. The summed E-state index contributed by atoms with van der Waals surface area (Å²) in [5.74, 6) is -2.98. The van der Waals surface area contributed by atoms with Crippen LogP contribution in [0.1, 0.15) is 10.4 Å². The second-order valence-electron chi connectivity index (χ2n) is 6.69. The van der Waals surface area contributed by atoms with Crippen LogP contribution in [0, 0.1) is 11.6 Å². The molecular formula is C22H12F2N4O2. The molecule has 1 aromatic carbocycles. The van der Waals surface area contributed by atoms with E-state index in [4.69, 9.17) is 5.11 Å². The highest BCUT2D eigenvalue weighted by atomic mass is 19.1. The van der Waals surface area contributed by atoms with Crippen molar-refractivity contribution in [1.29, 1.82) is 0 Å². The highest BCUT2D eigenvalue weighted by Crippen LogP contribution is 2.37. The van der Waals surface area contributed by atoms with Crippen LogP contribution >= 0.6 is 0 Å². The Bertz CT molecular complexity index is 1450. The fourth-order valence-electron chi connectivity index (χ4n) is 3.53. The van der Waals surface area contributed by atoms with E-state index in [2.05, 4.69) is 19.9 Å². The Morgan fingerprint density at radius 1 is 0.967 bits per heavy atom. The number of nitrogens with zero attached hydrogens (tertiary/aromatic N) is 3. The van der Waals surface area contributed by atoms with E-state index in [1.807, 2.05) is 6.07 Å². The summed E-state index contributed by atoms with van der Waals surface area (Å²) in [5, 5.41) is 10.2. The van der Waals surface area contributed by atoms with Crippen molar-refractivity contribution >= 4 is 27.9 Å². The van der Waals surface area contributed by atoms with Crippen LogP contribution in [0.25, 0.3) is 44.3 Å². The van der Waals surface area contributed by atoms with Crippen LogP contribution in [0.15, 0.2) is 61.2 Å². The molecule has 0 atom stereocenters. The van der Waals surface area contributed by atoms with Gasteiger partial charge in [-0.15, -0.1) is 0 Å². The van der Waals surface area contributed by atoms with Crippen LogP contribution in [0.2, 0.25) is 0 Å². The number of halogens is 2. The molecule has 0 unspecified atom stereocenters. The second-order valence-corrected chi connectivity index (χ2v) is 6.69. The number of carbonyl (C=O) groups is 1. The van der Waals surface area contributed by atoms with Gasteiger partial charge in [-0.05, 0) is 35.9 Å². The molecule has 0 amide bonds. The lowest BCUT2D eigenvalue weighted by atomic mass is 9.99. The lowest BCUT2D eigenvalue weighted by Crippen LogP contribution is -2.00. The van der Waals surface area contributed by atoms with E-state index in [-0.39, 0.29) is 11.1 Å². The molecule has 0 saturated carbocycles. The Morgan fingerprint density at radius 3 is 2.57 bits per heavy atom. The largest absolute Gasteiger partial charge is 0.478 e. The number of aromatic amines is 1. The molecule has 0 spiro atoms. The molecule has 0 aliphatic heterocycles. The zero-order valence-electron chi connectivity index (χ0n) is 15.2. The number of hydrogen-bond donors (Lipinski definition) is 2. The van der Waals surface area contributed by atoms with Gasteiger partial charge in [-0.3, -0.25) is 9.97 Å². The first-order valence-corrected chi connectivity index (χ1v) is 8.92. The summed E-state index contributed by atoms with van der Waals surface area (Å²) in [5.41, 5.74) is 2.34. The Hall–Kier alpha value is -4.20. The average molecular weight is 402 g/mol. The molecule has 0 bridgehead atoms. The number of benzene rings is 1. The van der Waals surface area contributed by atoms with Crippen molar-refractivity contribution in [1.82, 2.24) is 19.9 Å². The van der Waals surface area contributed by atoms with Crippen LogP contribution in [0.4, 0.5) is 8.78 Å². The topological polar surface area (TPSA) is 91.8 Å². The third-order valence-electron chi connectivity index (χ3n) is 4.90. The predicted molar refractivity (Wildman–Crippen MR) is 107 cm³/mol. The molecule has 2 N–H and O–H groups in total. The van der Waals surface area contributed by atoms with Gasteiger partial charge in [0.2, 0.25) is 0 Å². The fourth-order valence-corrected chi connectivity index (χ4v) is 3.53. The highest BCUT2D eigenvalue weighted by molar-refractivity contribution is 6.13. The van der Waals surface area contributed by atoms with E-state index in [0.29, 0.717) is 27.6 Å². The minimum atomic E-state index is -1.39. The summed E-state index contributed by atoms with van der Waals surface area (Å²) < 4.78 is 29.2. The van der Waals surface area contributed by atoms with Gasteiger partial charge >= 0.3 is 5.97 Å². The number of fused-ring (bicyclic) bond motifs is 3. The van der Waals surface area contributed by atoms with Crippen molar-refractivity contribution in [2.24, 2.45) is 0 Å². The summed E-state index contributed by atoms with van der Waals surface area (Å²) in [6.07, 6.45) is 5.99. The summed E-state index contributed by atoms with van der Waals surface area (Å²) in [6, 6.07) is 8.95. The number of pyridine rings is 3. The minimum Gasteiger partial charge on any atom is -0.478 e. The molecule has 5 aromatic rings. The molecule has 8 heteroatoms. The van der Waals surface area contributed by atoms with Gasteiger partial charge in [-0.2, -0.15) is 0 Å². The highest BCUT2D eigenvalue weighted by Gasteiger charge is 2.19. The Labute approximate surface area is 167 Å². The van der Waals surface area contributed by atoms with Gasteiger partial charge in [-0.25, -0.2) is 18.6 Å². The lowest BCUT2D eigenvalue weighted by Gasteiger charge is -2.08. The number of H-pyrrole nitrogens is 1. The summed E-state index contributed by atoms with van der Waals surface area (Å²) in [6.45, 7) is 0. The van der Waals surface area contributed by atoms with E-state index in [9.17, 15) is 13.6 Å². The molecular weight excluding hydrogens is 390 g/mol. The van der Waals surface area contributed by atoms with Crippen molar-refractivity contribution in [3.05, 3.63) is 78.4 Å². The number of hydrogen-bond acceptors (Lipinski definition) is 4. The maximum Gasteiger partial charge on any atom is 0.338 e. The van der Waals surface area contributed by atoms with E-state index in [1.165, 1.54) is 6.07 Å². The van der Waals surface area contributed by atoms with Crippen molar-refractivity contribution in [3.8, 4) is 22.4 Å². The van der Waals surface area contributed by atoms with Crippen molar-refractivity contribution in [3.63, 3.8) is 0 Å². The van der Waals surface area contributed by atoms with E-state index in [1.54, 1.807) is 30.7 Å². The van der Waals surface area contributed by atoms with E-state index >= 15 is 0 Å². The number of aromatic carboxylic acids is 1.